The molecule has 1 aliphatic rings. The number of nitrogens with one attached hydrogen (secondary N) is 2. The molecule has 164 valence electrons. The fourth-order valence-corrected chi connectivity index (χ4v) is 3.57. The van der Waals surface area contributed by atoms with Crippen LogP contribution in [0.15, 0.2) is 61.0 Å². The average molecular weight is 454 g/mol. The Morgan fingerprint density at radius 2 is 1.75 bits per heavy atom. The van der Waals surface area contributed by atoms with Crippen LogP contribution in [0.2, 0.25) is 5.02 Å². The van der Waals surface area contributed by atoms with E-state index in [1.54, 1.807) is 24.3 Å². The Morgan fingerprint density at radius 1 is 1.09 bits per heavy atom. The number of rotatable bonds is 6. The topological polar surface area (TPSA) is 105 Å². The smallest absolute Gasteiger partial charge is 0.353 e. The number of methoxy groups -OCH3 is 1. The van der Waals surface area contributed by atoms with E-state index in [2.05, 4.69) is 28.5 Å². The third-order valence-electron chi connectivity index (χ3n) is 4.84. The highest BCUT2D eigenvalue weighted by atomic mass is 35.5. The normalized spacial score (nSPS) is 12.1. The minimum Gasteiger partial charge on any atom is -0.464 e. The SMILES string of the molecule is C=C(NC(=O)C(=C)N1Cc2c(-c3ccc(NC(C)=O)cc3)ccc(Cl)c2C1=O)C(=O)OC. The fourth-order valence-electron chi connectivity index (χ4n) is 3.31. The first-order chi connectivity index (χ1) is 15.1. The number of fused-ring (bicyclic) bond motifs is 1. The Balaban J connectivity index is 1.89. The summed E-state index contributed by atoms with van der Waals surface area (Å²) in [6.45, 7) is 8.61. The molecule has 2 aromatic rings. The van der Waals surface area contributed by atoms with Crippen molar-refractivity contribution in [2.24, 2.45) is 0 Å². The maximum absolute atomic E-state index is 13.0. The lowest BCUT2D eigenvalue weighted by Gasteiger charge is -2.18. The average Bonchev–Trinajstić information content (AvgIpc) is 3.11. The molecule has 0 aromatic heterocycles. The molecule has 3 rings (SSSR count). The summed E-state index contributed by atoms with van der Waals surface area (Å²) >= 11 is 6.30. The molecule has 0 spiro atoms. The molecule has 0 bridgehead atoms. The maximum atomic E-state index is 13.0. The summed E-state index contributed by atoms with van der Waals surface area (Å²) in [6, 6.07) is 10.5. The molecule has 3 amide bonds. The van der Waals surface area contributed by atoms with E-state index in [4.69, 9.17) is 11.6 Å². The second-order valence-corrected chi connectivity index (χ2v) is 7.38. The first-order valence-corrected chi connectivity index (χ1v) is 9.80. The molecular formula is C23H20ClN3O5. The Kier molecular flexibility index (Phi) is 6.45. The summed E-state index contributed by atoms with van der Waals surface area (Å²) in [5, 5.41) is 5.21. The van der Waals surface area contributed by atoms with Gasteiger partial charge in [0.15, 0.2) is 0 Å². The van der Waals surface area contributed by atoms with E-state index in [0.29, 0.717) is 11.3 Å². The predicted octanol–water partition coefficient (Wildman–Crippen LogP) is 3.24. The number of nitrogens with zero attached hydrogens (tertiary/aromatic N) is 1. The van der Waals surface area contributed by atoms with Crippen LogP contribution in [0, 0.1) is 0 Å². The van der Waals surface area contributed by atoms with Crippen molar-refractivity contribution in [3.8, 4) is 11.1 Å². The molecule has 0 atom stereocenters. The number of ether oxygens (including phenoxy) is 1. The molecule has 0 aliphatic carbocycles. The van der Waals surface area contributed by atoms with Crippen molar-refractivity contribution in [2.75, 3.05) is 12.4 Å². The molecule has 2 aromatic carbocycles. The van der Waals surface area contributed by atoms with E-state index in [9.17, 15) is 19.2 Å². The molecule has 0 unspecified atom stereocenters. The first-order valence-electron chi connectivity index (χ1n) is 9.42. The summed E-state index contributed by atoms with van der Waals surface area (Å²) in [4.78, 5) is 49.4. The van der Waals surface area contributed by atoms with E-state index >= 15 is 0 Å². The number of hydrogen-bond donors (Lipinski definition) is 2. The van der Waals surface area contributed by atoms with Gasteiger partial charge in [0.1, 0.15) is 11.4 Å². The molecule has 1 aliphatic heterocycles. The van der Waals surface area contributed by atoms with Gasteiger partial charge in [0, 0.05) is 12.6 Å². The second-order valence-electron chi connectivity index (χ2n) is 6.97. The highest BCUT2D eigenvalue weighted by Crippen LogP contribution is 2.38. The van der Waals surface area contributed by atoms with Crippen LogP contribution in [0.25, 0.3) is 11.1 Å². The molecule has 1 heterocycles. The molecular weight excluding hydrogens is 434 g/mol. The van der Waals surface area contributed by atoms with Crippen LogP contribution in [0.3, 0.4) is 0 Å². The Hall–Kier alpha value is -3.91. The minimum atomic E-state index is -0.810. The molecule has 0 radical (unpaired) electrons. The van der Waals surface area contributed by atoms with E-state index in [-0.39, 0.29) is 34.4 Å². The van der Waals surface area contributed by atoms with E-state index in [0.717, 1.165) is 18.2 Å². The third-order valence-corrected chi connectivity index (χ3v) is 5.15. The number of carbonyl (C=O) groups is 4. The first kappa shape index (κ1) is 22.8. The fraction of sp³-hybridized carbons (Fsp3) is 0.130. The Bertz CT molecular complexity index is 1170. The molecule has 32 heavy (non-hydrogen) atoms. The second kappa shape index (κ2) is 9.07. The zero-order chi connectivity index (χ0) is 23.6. The van der Waals surface area contributed by atoms with Crippen LogP contribution in [-0.2, 0) is 25.7 Å². The van der Waals surface area contributed by atoms with Gasteiger partial charge in [-0.3, -0.25) is 19.3 Å². The standard InChI is InChI=1S/C23H20ClN3O5/c1-12(23(31)32-4)25-21(29)13(2)27-11-18-17(9-10-19(24)20(18)22(27)30)15-5-7-16(8-6-15)26-14(3)28/h5-10H,1-2,11H2,3-4H3,(H,25,29)(H,26,28). The number of benzene rings is 2. The highest BCUT2D eigenvalue weighted by Gasteiger charge is 2.35. The van der Waals surface area contributed by atoms with Gasteiger partial charge in [-0.05, 0) is 34.9 Å². The van der Waals surface area contributed by atoms with Gasteiger partial charge >= 0.3 is 5.97 Å². The Morgan fingerprint density at radius 3 is 2.34 bits per heavy atom. The zero-order valence-corrected chi connectivity index (χ0v) is 18.2. The number of halogens is 1. The predicted molar refractivity (Wildman–Crippen MR) is 120 cm³/mol. The van der Waals surface area contributed by atoms with Gasteiger partial charge in [-0.25, -0.2) is 4.79 Å². The lowest BCUT2D eigenvalue weighted by Crippen LogP contribution is -2.36. The molecule has 8 nitrogen and oxygen atoms in total. The third kappa shape index (κ3) is 4.40. The van der Waals surface area contributed by atoms with E-state index < -0.39 is 17.8 Å². The van der Waals surface area contributed by atoms with Crippen LogP contribution in [0.4, 0.5) is 5.69 Å². The molecule has 0 saturated heterocycles. The van der Waals surface area contributed by atoms with Gasteiger partial charge in [0.25, 0.3) is 11.8 Å². The van der Waals surface area contributed by atoms with Gasteiger partial charge in [-0.2, -0.15) is 0 Å². The Labute approximate surface area is 189 Å². The van der Waals surface area contributed by atoms with E-state index in [1.165, 1.54) is 11.8 Å². The minimum absolute atomic E-state index is 0.0639. The van der Waals surface area contributed by atoms with Crippen molar-refractivity contribution in [3.05, 3.63) is 77.1 Å². The van der Waals surface area contributed by atoms with Gasteiger partial charge < -0.3 is 15.4 Å². The van der Waals surface area contributed by atoms with Crippen LogP contribution >= 0.6 is 11.6 Å². The largest absolute Gasteiger partial charge is 0.464 e. The van der Waals surface area contributed by atoms with Crippen molar-refractivity contribution in [1.82, 2.24) is 10.2 Å². The lowest BCUT2D eigenvalue weighted by molar-refractivity contribution is -0.137. The summed E-state index contributed by atoms with van der Waals surface area (Å²) < 4.78 is 4.50. The van der Waals surface area contributed by atoms with Crippen LogP contribution < -0.4 is 10.6 Å². The zero-order valence-electron chi connectivity index (χ0n) is 17.5. The summed E-state index contributed by atoms with van der Waals surface area (Å²) in [5.41, 5.74) is 2.66. The highest BCUT2D eigenvalue weighted by molar-refractivity contribution is 6.34. The lowest BCUT2D eigenvalue weighted by atomic mass is 9.96. The number of hydrogen-bond acceptors (Lipinski definition) is 5. The molecule has 9 heteroatoms. The van der Waals surface area contributed by atoms with Crippen LogP contribution in [0.5, 0.6) is 0 Å². The van der Waals surface area contributed by atoms with Crippen molar-refractivity contribution in [2.45, 2.75) is 13.5 Å². The molecule has 0 fully saturated rings. The van der Waals surface area contributed by atoms with Gasteiger partial charge in [-0.1, -0.05) is 43.0 Å². The van der Waals surface area contributed by atoms with E-state index in [1.807, 2.05) is 12.1 Å². The number of amides is 3. The monoisotopic (exact) mass is 453 g/mol. The maximum Gasteiger partial charge on any atom is 0.353 e. The number of anilines is 1. The van der Waals surface area contributed by atoms with Gasteiger partial charge in [0.2, 0.25) is 5.91 Å². The summed E-state index contributed by atoms with van der Waals surface area (Å²) in [7, 11) is 1.15. The number of carbonyl (C=O) groups excluding carboxylic acids is 4. The quantitative estimate of drug-likeness (QED) is 0.516. The van der Waals surface area contributed by atoms with Crippen molar-refractivity contribution in [1.29, 1.82) is 0 Å². The summed E-state index contributed by atoms with van der Waals surface area (Å²) in [5.74, 6) is -2.24. The van der Waals surface area contributed by atoms with Gasteiger partial charge in [0.05, 0.1) is 24.2 Å². The van der Waals surface area contributed by atoms with Gasteiger partial charge in [-0.15, -0.1) is 0 Å². The summed E-state index contributed by atoms with van der Waals surface area (Å²) in [6.07, 6.45) is 0. The molecule has 0 saturated carbocycles. The van der Waals surface area contributed by atoms with Crippen molar-refractivity contribution in [3.63, 3.8) is 0 Å². The van der Waals surface area contributed by atoms with Crippen LogP contribution in [0.1, 0.15) is 22.8 Å². The number of esters is 1. The van der Waals surface area contributed by atoms with Crippen molar-refractivity contribution >= 4 is 41.0 Å². The molecule has 2 N–H and O–H groups in total. The van der Waals surface area contributed by atoms with Crippen LogP contribution in [-0.4, -0.2) is 35.7 Å². The van der Waals surface area contributed by atoms with Crippen molar-refractivity contribution < 1.29 is 23.9 Å².